The number of benzene rings is 1. The van der Waals surface area contributed by atoms with Crippen LogP contribution in [0.4, 0.5) is 4.79 Å². The largest absolute Gasteiger partial charge is 0.444 e. The molecule has 1 aliphatic carbocycles. The van der Waals surface area contributed by atoms with E-state index in [-0.39, 0.29) is 17.4 Å². The van der Waals surface area contributed by atoms with E-state index in [2.05, 4.69) is 0 Å². The molecule has 0 bridgehead atoms. The summed E-state index contributed by atoms with van der Waals surface area (Å²) < 4.78 is 11.0. The first-order chi connectivity index (χ1) is 16.0. The lowest BCUT2D eigenvalue weighted by Crippen LogP contribution is -2.62. The Kier molecular flexibility index (Phi) is 5.84. The Labute approximate surface area is 192 Å². The van der Waals surface area contributed by atoms with E-state index in [4.69, 9.17) is 9.47 Å². The molecule has 9 heteroatoms. The lowest BCUT2D eigenvalue weighted by atomic mass is 9.80. The molecule has 176 valence electrons. The molecule has 0 aromatic heterocycles. The van der Waals surface area contributed by atoms with Crippen LogP contribution in [0.5, 0.6) is 0 Å². The molecule has 4 aliphatic rings. The summed E-state index contributed by atoms with van der Waals surface area (Å²) in [5, 5.41) is 9.40. The summed E-state index contributed by atoms with van der Waals surface area (Å²) in [6.45, 7) is 2.04. The fourth-order valence-electron chi connectivity index (χ4n) is 5.25. The highest BCUT2D eigenvalue weighted by Gasteiger charge is 2.58. The van der Waals surface area contributed by atoms with Crippen LogP contribution in [0.2, 0.25) is 0 Å². The van der Waals surface area contributed by atoms with Crippen molar-refractivity contribution in [2.45, 2.75) is 37.8 Å². The minimum Gasteiger partial charge on any atom is -0.444 e. The van der Waals surface area contributed by atoms with Gasteiger partial charge in [-0.05, 0) is 35.8 Å². The van der Waals surface area contributed by atoms with Crippen molar-refractivity contribution in [2.24, 2.45) is 11.3 Å². The zero-order valence-electron chi connectivity index (χ0n) is 18.4. The molecule has 0 radical (unpaired) electrons. The van der Waals surface area contributed by atoms with Crippen LogP contribution in [0, 0.1) is 11.3 Å². The number of hydrogen-bond donors (Lipinski definition) is 2. The van der Waals surface area contributed by atoms with Crippen molar-refractivity contribution in [3.63, 3.8) is 0 Å². The van der Waals surface area contributed by atoms with Crippen molar-refractivity contribution >= 4 is 23.5 Å². The van der Waals surface area contributed by atoms with Gasteiger partial charge in [0.15, 0.2) is 0 Å². The quantitative estimate of drug-likeness (QED) is 0.530. The highest BCUT2D eigenvalue weighted by Crippen LogP contribution is 2.55. The van der Waals surface area contributed by atoms with E-state index >= 15 is 0 Å². The third-order valence-corrected chi connectivity index (χ3v) is 7.30. The van der Waals surface area contributed by atoms with Gasteiger partial charge < -0.3 is 14.4 Å². The predicted octanol–water partition coefficient (Wildman–Crippen LogP) is 1.81. The average molecular weight is 456 g/mol. The molecule has 3 fully saturated rings. The Morgan fingerprint density at radius 1 is 1.18 bits per heavy atom. The number of ether oxygens (including phenoxy) is 2. The molecule has 3 aliphatic heterocycles. The lowest BCUT2D eigenvalue weighted by Gasteiger charge is -2.44. The normalized spacial score (nSPS) is 27.9. The fourth-order valence-corrected chi connectivity index (χ4v) is 5.25. The van der Waals surface area contributed by atoms with Gasteiger partial charge in [-0.25, -0.2) is 10.3 Å². The molecule has 3 heterocycles. The summed E-state index contributed by atoms with van der Waals surface area (Å²) in [6, 6.07) is 8.79. The number of piperidine rings is 1. The molecule has 1 aromatic carbocycles. The lowest BCUT2D eigenvalue weighted by molar-refractivity contribution is -0.149. The number of carbonyl (C=O) groups is 3. The minimum absolute atomic E-state index is 0.197. The van der Waals surface area contributed by atoms with Crippen LogP contribution in [-0.2, 0) is 19.1 Å². The van der Waals surface area contributed by atoms with Crippen LogP contribution >= 0.6 is 0 Å². The second-order valence-corrected chi connectivity index (χ2v) is 9.54. The summed E-state index contributed by atoms with van der Waals surface area (Å²) in [7, 11) is 0. The molecular weight excluding hydrogens is 426 g/mol. The predicted molar refractivity (Wildman–Crippen MR) is 117 cm³/mol. The standard InChI is InChI=1S/C24H29N3O6/c28-21(25-31)19-12-24(8-9-24)15-27(23(30)33-18-7-11-32-14-18)20(19)22(29)26-10-6-17(13-26)16-4-2-1-3-5-16/h1-6,18-20,31H,7-15H2,(H,25,28)/t18-,19?,20?/m0/s1. The smallest absolute Gasteiger partial charge is 0.410 e. The van der Waals surface area contributed by atoms with Crippen molar-refractivity contribution in [1.29, 1.82) is 0 Å². The Bertz CT molecular complexity index is 954. The number of hydroxylamine groups is 1. The zero-order valence-corrected chi connectivity index (χ0v) is 18.4. The van der Waals surface area contributed by atoms with Crippen molar-refractivity contribution in [2.75, 3.05) is 32.8 Å². The van der Waals surface area contributed by atoms with E-state index in [0.717, 1.165) is 24.0 Å². The van der Waals surface area contributed by atoms with E-state index in [1.54, 1.807) is 10.4 Å². The number of likely N-dealkylation sites (tertiary alicyclic amines) is 1. The SMILES string of the molecule is O=C(NO)C1CC2(CC2)CN(C(=O)O[C@H]2CCOC2)C1C(=O)N1CC=C(c2ccccc2)C1. The van der Waals surface area contributed by atoms with Crippen molar-refractivity contribution < 1.29 is 29.1 Å². The first-order valence-electron chi connectivity index (χ1n) is 11.5. The topological polar surface area (TPSA) is 108 Å². The molecule has 9 nitrogen and oxygen atoms in total. The molecule has 2 unspecified atom stereocenters. The van der Waals surface area contributed by atoms with Gasteiger partial charge in [-0.15, -0.1) is 0 Å². The number of nitrogens with zero attached hydrogens (tertiary/aromatic N) is 2. The maximum absolute atomic E-state index is 13.7. The second-order valence-electron chi connectivity index (χ2n) is 9.54. The van der Waals surface area contributed by atoms with Gasteiger partial charge >= 0.3 is 6.09 Å². The van der Waals surface area contributed by atoms with Gasteiger partial charge in [0.05, 0.1) is 19.1 Å². The van der Waals surface area contributed by atoms with Gasteiger partial charge in [-0.3, -0.25) is 19.7 Å². The Morgan fingerprint density at radius 2 is 1.97 bits per heavy atom. The van der Waals surface area contributed by atoms with E-state index in [9.17, 15) is 19.6 Å². The summed E-state index contributed by atoms with van der Waals surface area (Å²) in [5.74, 6) is -1.79. The Balaban J connectivity index is 1.38. The van der Waals surface area contributed by atoms with E-state index < -0.39 is 24.0 Å². The van der Waals surface area contributed by atoms with E-state index in [0.29, 0.717) is 45.7 Å². The van der Waals surface area contributed by atoms with Crippen molar-refractivity contribution in [3.8, 4) is 0 Å². The van der Waals surface area contributed by atoms with Crippen molar-refractivity contribution in [3.05, 3.63) is 42.0 Å². The first-order valence-corrected chi connectivity index (χ1v) is 11.5. The summed E-state index contributed by atoms with van der Waals surface area (Å²) in [4.78, 5) is 42.7. The highest BCUT2D eigenvalue weighted by atomic mass is 16.6. The van der Waals surface area contributed by atoms with E-state index in [1.165, 1.54) is 4.90 Å². The molecule has 2 saturated heterocycles. The molecule has 5 rings (SSSR count). The molecule has 33 heavy (non-hydrogen) atoms. The van der Waals surface area contributed by atoms with Crippen LogP contribution in [0.15, 0.2) is 36.4 Å². The summed E-state index contributed by atoms with van der Waals surface area (Å²) in [6.07, 6.45) is 3.87. The molecule has 2 N–H and O–H groups in total. The Hall–Kier alpha value is -2.91. The number of hydrogen-bond acceptors (Lipinski definition) is 6. The summed E-state index contributed by atoms with van der Waals surface area (Å²) >= 11 is 0. The van der Waals surface area contributed by atoms with Crippen LogP contribution in [0.1, 0.15) is 31.2 Å². The van der Waals surface area contributed by atoms with Gasteiger partial charge in [0.25, 0.3) is 0 Å². The number of rotatable bonds is 4. The van der Waals surface area contributed by atoms with Crippen LogP contribution in [0.3, 0.4) is 0 Å². The van der Waals surface area contributed by atoms with Crippen molar-refractivity contribution in [1.82, 2.24) is 15.3 Å². The van der Waals surface area contributed by atoms with Crippen LogP contribution < -0.4 is 5.48 Å². The maximum Gasteiger partial charge on any atom is 0.410 e. The molecule has 1 aromatic rings. The second kappa shape index (κ2) is 8.79. The first kappa shape index (κ1) is 21.9. The molecule has 1 spiro atoms. The van der Waals surface area contributed by atoms with Gasteiger partial charge in [-0.2, -0.15) is 0 Å². The van der Waals surface area contributed by atoms with Gasteiger partial charge in [0, 0.05) is 26.1 Å². The molecule has 1 saturated carbocycles. The minimum atomic E-state index is -1.03. The van der Waals surface area contributed by atoms with E-state index in [1.807, 2.05) is 36.4 Å². The molecule has 3 amide bonds. The number of nitrogens with one attached hydrogen (secondary N) is 1. The van der Waals surface area contributed by atoms with Crippen LogP contribution in [0.25, 0.3) is 5.57 Å². The zero-order chi connectivity index (χ0) is 23.0. The monoisotopic (exact) mass is 455 g/mol. The molecular formula is C24H29N3O6. The van der Waals surface area contributed by atoms with Gasteiger partial charge in [0.2, 0.25) is 11.8 Å². The third kappa shape index (κ3) is 4.35. The third-order valence-electron chi connectivity index (χ3n) is 7.30. The fraction of sp³-hybridized carbons (Fsp3) is 0.542. The number of carbonyl (C=O) groups excluding carboxylic acids is 3. The average Bonchev–Trinajstić information content (AvgIpc) is 3.23. The number of amides is 3. The summed E-state index contributed by atoms with van der Waals surface area (Å²) in [5.41, 5.74) is 3.59. The van der Waals surface area contributed by atoms with Gasteiger partial charge in [0.1, 0.15) is 12.1 Å². The van der Waals surface area contributed by atoms with Crippen LogP contribution in [-0.4, -0.2) is 77.9 Å². The van der Waals surface area contributed by atoms with Gasteiger partial charge in [-0.1, -0.05) is 36.4 Å². The maximum atomic E-state index is 13.7. The molecule has 3 atom stereocenters. The Morgan fingerprint density at radius 3 is 2.64 bits per heavy atom. The highest BCUT2D eigenvalue weighted by molar-refractivity contribution is 5.94.